The van der Waals surface area contributed by atoms with Crippen molar-refractivity contribution in [2.75, 3.05) is 7.11 Å². The molecule has 0 bridgehead atoms. The lowest BCUT2D eigenvalue weighted by molar-refractivity contribution is 0.318. The molecule has 0 amide bonds. The zero-order valence-electron chi connectivity index (χ0n) is 11.6. The molecule has 2 rings (SSSR count). The highest BCUT2D eigenvalue weighted by atomic mass is 16.5. The van der Waals surface area contributed by atoms with Gasteiger partial charge in [-0.1, -0.05) is 18.1 Å². The molecule has 0 saturated heterocycles. The minimum atomic E-state index is 0.0325. The third-order valence-corrected chi connectivity index (χ3v) is 3.12. The fraction of sp³-hybridized carbons (Fsp3) is 0.286. The molecule has 0 aliphatic carbocycles. The van der Waals surface area contributed by atoms with Crippen LogP contribution in [0.2, 0.25) is 0 Å². The molecule has 1 aromatic carbocycles. The molecule has 1 aromatic heterocycles. The Hall–Kier alpha value is -2.50. The Labute approximate surface area is 117 Å². The highest BCUT2D eigenvalue weighted by molar-refractivity contribution is 5.99. The summed E-state index contributed by atoms with van der Waals surface area (Å²) in [4.78, 5) is 4.29. The molecule has 0 spiro atoms. The first-order valence-corrected chi connectivity index (χ1v) is 6.34. The number of oxime groups is 1. The first kappa shape index (κ1) is 13.9. The van der Waals surface area contributed by atoms with Crippen LogP contribution in [0.3, 0.4) is 0 Å². The average Bonchev–Trinajstić information content (AvgIpc) is 2.93. The summed E-state index contributed by atoms with van der Waals surface area (Å²) >= 11 is 0. The third kappa shape index (κ3) is 2.74. The number of methoxy groups -OCH3 is 1. The summed E-state index contributed by atoms with van der Waals surface area (Å²) < 4.78 is 7.28. The standard InChI is InChI=1S/C14H18N4O2/c1-3-13-16-6-7-18(13)9-10-4-5-12(20-2)11(8-10)14(15)17-19/h4-8,19H,3,9H2,1-2H3,(H2,15,17). The Kier molecular flexibility index (Phi) is 4.24. The molecule has 6 nitrogen and oxygen atoms in total. The Morgan fingerprint density at radius 1 is 1.50 bits per heavy atom. The lowest BCUT2D eigenvalue weighted by atomic mass is 10.1. The van der Waals surface area contributed by atoms with Crippen LogP contribution < -0.4 is 10.5 Å². The van der Waals surface area contributed by atoms with Crippen LogP contribution >= 0.6 is 0 Å². The molecule has 0 unspecified atom stereocenters. The predicted molar refractivity (Wildman–Crippen MR) is 76.2 cm³/mol. The fourth-order valence-electron chi connectivity index (χ4n) is 2.10. The number of nitrogens with two attached hydrogens (primary N) is 1. The molecule has 3 N–H and O–H groups in total. The summed E-state index contributed by atoms with van der Waals surface area (Å²) in [6.07, 6.45) is 4.59. The number of imidazole rings is 1. The zero-order chi connectivity index (χ0) is 14.5. The van der Waals surface area contributed by atoms with E-state index in [-0.39, 0.29) is 5.84 Å². The van der Waals surface area contributed by atoms with Gasteiger partial charge in [-0.15, -0.1) is 0 Å². The first-order valence-electron chi connectivity index (χ1n) is 6.34. The molecule has 0 aliphatic rings. The topological polar surface area (TPSA) is 85.7 Å². The maximum Gasteiger partial charge on any atom is 0.173 e. The van der Waals surface area contributed by atoms with Crippen molar-refractivity contribution < 1.29 is 9.94 Å². The first-order chi connectivity index (χ1) is 9.69. The number of aryl methyl sites for hydroxylation is 1. The molecule has 20 heavy (non-hydrogen) atoms. The van der Waals surface area contributed by atoms with Gasteiger partial charge >= 0.3 is 0 Å². The lowest BCUT2D eigenvalue weighted by Crippen LogP contribution is -2.15. The summed E-state index contributed by atoms with van der Waals surface area (Å²) in [5.74, 6) is 1.63. The Balaban J connectivity index is 2.34. The van der Waals surface area contributed by atoms with Crippen LogP contribution in [0.1, 0.15) is 23.9 Å². The lowest BCUT2D eigenvalue weighted by Gasteiger charge is -2.11. The van der Waals surface area contributed by atoms with Gasteiger partial charge in [0.15, 0.2) is 5.84 Å². The van der Waals surface area contributed by atoms with Crippen LogP contribution in [0, 0.1) is 0 Å². The number of amidine groups is 1. The van der Waals surface area contributed by atoms with Crippen LogP contribution in [0.5, 0.6) is 5.75 Å². The van der Waals surface area contributed by atoms with Crippen molar-refractivity contribution in [1.29, 1.82) is 0 Å². The van der Waals surface area contributed by atoms with Gasteiger partial charge in [-0.25, -0.2) is 4.98 Å². The molecular formula is C14H18N4O2. The normalized spacial score (nSPS) is 11.6. The van der Waals surface area contributed by atoms with Gasteiger partial charge in [-0.2, -0.15) is 0 Å². The van der Waals surface area contributed by atoms with E-state index in [0.29, 0.717) is 17.9 Å². The molecule has 0 fully saturated rings. The molecule has 2 aromatic rings. The molecule has 0 radical (unpaired) electrons. The summed E-state index contributed by atoms with van der Waals surface area (Å²) in [7, 11) is 1.55. The Morgan fingerprint density at radius 2 is 2.30 bits per heavy atom. The molecule has 0 saturated carbocycles. The summed E-state index contributed by atoms with van der Waals surface area (Å²) in [6.45, 7) is 2.74. The van der Waals surface area contributed by atoms with Gasteiger partial charge in [-0.05, 0) is 17.7 Å². The van der Waals surface area contributed by atoms with E-state index in [0.717, 1.165) is 17.8 Å². The van der Waals surface area contributed by atoms with Gasteiger partial charge in [-0.3, -0.25) is 0 Å². The average molecular weight is 274 g/mol. The van der Waals surface area contributed by atoms with E-state index in [1.165, 1.54) is 0 Å². The minimum absolute atomic E-state index is 0.0325. The van der Waals surface area contributed by atoms with Crippen molar-refractivity contribution in [2.45, 2.75) is 19.9 Å². The van der Waals surface area contributed by atoms with E-state index in [1.807, 2.05) is 24.4 Å². The monoisotopic (exact) mass is 274 g/mol. The number of hydrogen-bond acceptors (Lipinski definition) is 4. The molecule has 106 valence electrons. The van der Waals surface area contributed by atoms with Crippen molar-refractivity contribution in [3.05, 3.63) is 47.5 Å². The van der Waals surface area contributed by atoms with Crippen molar-refractivity contribution in [1.82, 2.24) is 9.55 Å². The quantitative estimate of drug-likeness (QED) is 0.375. The Morgan fingerprint density at radius 3 is 2.95 bits per heavy atom. The highest BCUT2D eigenvalue weighted by Crippen LogP contribution is 2.20. The summed E-state index contributed by atoms with van der Waals surface area (Å²) in [6, 6.07) is 5.62. The van der Waals surface area contributed by atoms with E-state index in [9.17, 15) is 0 Å². The minimum Gasteiger partial charge on any atom is -0.496 e. The number of aromatic nitrogens is 2. The van der Waals surface area contributed by atoms with Crippen LogP contribution in [0.15, 0.2) is 35.7 Å². The maximum atomic E-state index is 8.83. The van der Waals surface area contributed by atoms with Crippen LogP contribution in [0.4, 0.5) is 0 Å². The zero-order valence-corrected chi connectivity index (χ0v) is 11.6. The van der Waals surface area contributed by atoms with E-state index < -0.39 is 0 Å². The Bertz CT molecular complexity index is 619. The third-order valence-electron chi connectivity index (χ3n) is 3.12. The second-order valence-corrected chi connectivity index (χ2v) is 4.34. The van der Waals surface area contributed by atoms with Gasteiger partial charge < -0.3 is 20.2 Å². The van der Waals surface area contributed by atoms with Crippen molar-refractivity contribution >= 4 is 5.84 Å². The van der Waals surface area contributed by atoms with Gasteiger partial charge in [0.25, 0.3) is 0 Å². The number of nitrogens with zero attached hydrogens (tertiary/aromatic N) is 3. The number of benzene rings is 1. The number of rotatable bonds is 5. The van der Waals surface area contributed by atoms with Crippen LogP contribution in [-0.2, 0) is 13.0 Å². The molecular weight excluding hydrogens is 256 g/mol. The predicted octanol–water partition coefficient (Wildman–Crippen LogP) is 1.60. The molecule has 0 atom stereocenters. The number of hydrogen-bond donors (Lipinski definition) is 2. The molecule has 1 heterocycles. The second kappa shape index (κ2) is 6.10. The summed E-state index contributed by atoms with van der Waals surface area (Å²) in [5.41, 5.74) is 7.27. The van der Waals surface area contributed by atoms with Crippen LogP contribution in [-0.4, -0.2) is 27.7 Å². The van der Waals surface area contributed by atoms with Crippen molar-refractivity contribution in [3.63, 3.8) is 0 Å². The largest absolute Gasteiger partial charge is 0.496 e. The van der Waals surface area contributed by atoms with E-state index in [2.05, 4.69) is 21.6 Å². The van der Waals surface area contributed by atoms with E-state index in [1.54, 1.807) is 13.3 Å². The molecule has 6 heteroatoms. The maximum absolute atomic E-state index is 8.83. The van der Waals surface area contributed by atoms with Gasteiger partial charge in [0, 0.05) is 25.4 Å². The SMILES string of the molecule is CCc1nccn1Cc1ccc(OC)c(C(N)=NO)c1. The van der Waals surface area contributed by atoms with E-state index >= 15 is 0 Å². The summed E-state index contributed by atoms with van der Waals surface area (Å²) in [5, 5.41) is 11.9. The number of ether oxygens (including phenoxy) is 1. The van der Waals surface area contributed by atoms with Crippen molar-refractivity contribution in [2.24, 2.45) is 10.9 Å². The second-order valence-electron chi connectivity index (χ2n) is 4.34. The fourth-order valence-corrected chi connectivity index (χ4v) is 2.10. The molecule has 0 aliphatic heterocycles. The smallest absolute Gasteiger partial charge is 0.173 e. The van der Waals surface area contributed by atoms with Gasteiger partial charge in [0.05, 0.1) is 12.7 Å². The van der Waals surface area contributed by atoms with Gasteiger partial charge in [0.1, 0.15) is 11.6 Å². The van der Waals surface area contributed by atoms with Gasteiger partial charge in [0.2, 0.25) is 0 Å². The van der Waals surface area contributed by atoms with Crippen LogP contribution in [0.25, 0.3) is 0 Å². The highest BCUT2D eigenvalue weighted by Gasteiger charge is 2.10. The van der Waals surface area contributed by atoms with E-state index in [4.69, 9.17) is 15.7 Å². The van der Waals surface area contributed by atoms with Crippen molar-refractivity contribution in [3.8, 4) is 5.75 Å².